The van der Waals surface area contributed by atoms with Gasteiger partial charge in [0.1, 0.15) is 6.61 Å². The second-order valence-electron chi connectivity index (χ2n) is 0.939. The van der Waals surface area contributed by atoms with E-state index < -0.39 is 6.16 Å². The Labute approximate surface area is 45.4 Å². The van der Waals surface area contributed by atoms with E-state index in [1.54, 1.807) is 0 Å². The van der Waals surface area contributed by atoms with Crippen molar-refractivity contribution in [2.24, 2.45) is 0 Å². The zero-order chi connectivity index (χ0) is 6.41. The lowest BCUT2D eigenvalue weighted by molar-refractivity contribution is 0.102. The van der Waals surface area contributed by atoms with E-state index in [1.165, 1.54) is 0 Å². The number of carboxylic acid groups (broad SMARTS) is 1. The van der Waals surface area contributed by atoms with Crippen LogP contribution in [0.15, 0.2) is 12.4 Å². The molecule has 46 valence electrons. The average Bonchev–Trinajstić information content (AvgIpc) is 1.66. The summed E-state index contributed by atoms with van der Waals surface area (Å²) in [7, 11) is 0. The maximum atomic E-state index is 11.0. The summed E-state index contributed by atoms with van der Waals surface area (Å²) < 4.78 is 14.9. The fourth-order valence-electron chi connectivity index (χ4n) is 0.156. The molecule has 1 N–H and O–H groups in total. The summed E-state index contributed by atoms with van der Waals surface area (Å²) in [5, 5.41) is 7.76. The smallest absolute Gasteiger partial charge is 0.450 e. The number of ether oxygens (including phenoxy) is 1. The van der Waals surface area contributed by atoms with Crippen molar-refractivity contribution in [3.63, 3.8) is 0 Å². The summed E-state index contributed by atoms with van der Waals surface area (Å²) in [5.41, 5.74) is 0. The number of hydrogen-bond acceptors (Lipinski definition) is 2. The SMILES string of the molecule is O=C(O)OCC=CF. The van der Waals surface area contributed by atoms with Gasteiger partial charge in [0, 0.05) is 0 Å². The van der Waals surface area contributed by atoms with Crippen LogP contribution in [0.1, 0.15) is 0 Å². The number of carbonyl (C=O) groups is 1. The van der Waals surface area contributed by atoms with Crippen LogP contribution in [0.25, 0.3) is 0 Å². The number of hydrogen-bond donors (Lipinski definition) is 1. The van der Waals surface area contributed by atoms with Crippen molar-refractivity contribution in [2.75, 3.05) is 6.61 Å². The van der Waals surface area contributed by atoms with Crippen LogP contribution < -0.4 is 0 Å². The number of halogens is 1. The molecule has 0 heterocycles. The molecular weight excluding hydrogens is 115 g/mol. The second-order valence-corrected chi connectivity index (χ2v) is 0.939. The molecule has 0 unspecified atom stereocenters. The molecule has 0 saturated carbocycles. The summed E-state index contributed by atoms with van der Waals surface area (Å²) in [6, 6.07) is 0. The Balaban J connectivity index is 3.05. The predicted molar refractivity (Wildman–Crippen MR) is 24.2 cm³/mol. The maximum absolute atomic E-state index is 11.0. The van der Waals surface area contributed by atoms with Gasteiger partial charge in [0.25, 0.3) is 0 Å². The molecule has 0 aromatic carbocycles. The van der Waals surface area contributed by atoms with Crippen LogP contribution >= 0.6 is 0 Å². The second kappa shape index (κ2) is 4.11. The summed E-state index contributed by atoms with van der Waals surface area (Å²) in [4.78, 5) is 9.50. The first-order chi connectivity index (χ1) is 3.77. The quantitative estimate of drug-likeness (QED) is 0.556. The highest BCUT2D eigenvalue weighted by atomic mass is 19.1. The maximum Gasteiger partial charge on any atom is 0.506 e. The molecule has 0 amide bonds. The lowest BCUT2D eigenvalue weighted by atomic mass is 10.7. The van der Waals surface area contributed by atoms with Gasteiger partial charge < -0.3 is 9.84 Å². The molecule has 0 aromatic heterocycles. The van der Waals surface area contributed by atoms with Gasteiger partial charge in [-0.3, -0.25) is 0 Å². The lowest BCUT2D eigenvalue weighted by Gasteiger charge is -1.89. The van der Waals surface area contributed by atoms with Crippen molar-refractivity contribution >= 4 is 6.16 Å². The molecule has 4 heteroatoms. The average molecular weight is 120 g/mol. The highest BCUT2D eigenvalue weighted by Gasteiger charge is 1.89. The molecule has 8 heavy (non-hydrogen) atoms. The van der Waals surface area contributed by atoms with Crippen molar-refractivity contribution in [2.45, 2.75) is 0 Å². The molecule has 0 aromatic rings. The van der Waals surface area contributed by atoms with Crippen LogP contribution in [-0.4, -0.2) is 17.9 Å². The van der Waals surface area contributed by atoms with Crippen molar-refractivity contribution in [3.8, 4) is 0 Å². The van der Waals surface area contributed by atoms with E-state index in [2.05, 4.69) is 4.74 Å². The third kappa shape index (κ3) is 4.94. The Kier molecular flexibility index (Phi) is 3.56. The van der Waals surface area contributed by atoms with E-state index in [9.17, 15) is 9.18 Å². The van der Waals surface area contributed by atoms with Crippen LogP contribution in [0.4, 0.5) is 9.18 Å². The zero-order valence-electron chi connectivity index (χ0n) is 4.00. The summed E-state index contributed by atoms with van der Waals surface area (Å²) >= 11 is 0. The standard InChI is InChI=1S/C4H5FO3/c5-2-1-3-8-4(6)7/h1-2H,3H2,(H,6,7). The number of rotatable bonds is 2. The van der Waals surface area contributed by atoms with Gasteiger partial charge in [-0.1, -0.05) is 0 Å². The fourth-order valence-corrected chi connectivity index (χ4v) is 0.156. The minimum Gasteiger partial charge on any atom is -0.450 e. The third-order valence-corrected chi connectivity index (χ3v) is 0.392. The summed E-state index contributed by atoms with van der Waals surface area (Å²) in [6.45, 7) is -0.230. The van der Waals surface area contributed by atoms with Crippen molar-refractivity contribution in [3.05, 3.63) is 12.4 Å². The van der Waals surface area contributed by atoms with E-state index in [1.807, 2.05) is 0 Å². The topological polar surface area (TPSA) is 46.5 Å². The van der Waals surface area contributed by atoms with Crippen LogP contribution in [-0.2, 0) is 4.74 Å². The molecule has 0 bridgehead atoms. The molecular formula is C4H5FO3. The van der Waals surface area contributed by atoms with Crippen LogP contribution in [0.3, 0.4) is 0 Å². The van der Waals surface area contributed by atoms with E-state index in [4.69, 9.17) is 5.11 Å². The Morgan fingerprint density at radius 1 is 1.88 bits per heavy atom. The molecule has 0 fully saturated rings. The molecule has 0 rings (SSSR count). The molecule has 0 spiro atoms. The summed E-state index contributed by atoms with van der Waals surface area (Å²) in [5.74, 6) is 0. The summed E-state index contributed by atoms with van der Waals surface area (Å²) in [6.07, 6.45) is -0.222. The Morgan fingerprint density at radius 3 is 2.88 bits per heavy atom. The largest absolute Gasteiger partial charge is 0.506 e. The molecule has 0 aliphatic carbocycles. The van der Waals surface area contributed by atoms with Gasteiger partial charge in [0.15, 0.2) is 0 Å². The molecule has 0 aliphatic rings. The molecule has 3 nitrogen and oxygen atoms in total. The predicted octanol–water partition coefficient (Wildman–Crippen LogP) is 1.16. The van der Waals surface area contributed by atoms with E-state index in [0.29, 0.717) is 0 Å². The van der Waals surface area contributed by atoms with E-state index in [0.717, 1.165) is 6.08 Å². The normalized spacial score (nSPS) is 9.62. The Bertz CT molecular complexity index is 99.5. The van der Waals surface area contributed by atoms with Crippen LogP contribution in [0.5, 0.6) is 0 Å². The van der Waals surface area contributed by atoms with Gasteiger partial charge in [0.2, 0.25) is 0 Å². The highest BCUT2D eigenvalue weighted by molar-refractivity contribution is 5.56. The van der Waals surface area contributed by atoms with Gasteiger partial charge in [-0.25, -0.2) is 9.18 Å². The first-order valence-corrected chi connectivity index (χ1v) is 1.88. The Hall–Kier alpha value is -1.06. The molecule has 0 atom stereocenters. The van der Waals surface area contributed by atoms with Crippen LogP contribution in [0.2, 0.25) is 0 Å². The minimum atomic E-state index is -1.40. The fraction of sp³-hybridized carbons (Fsp3) is 0.250. The zero-order valence-corrected chi connectivity index (χ0v) is 4.00. The first kappa shape index (κ1) is 6.94. The minimum absolute atomic E-state index is 0.225. The van der Waals surface area contributed by atoms with Gasteiger partial charge in [-0.15, -0.1) is 0 Å². The van der Waals surface area contributed by atoms with E-state index >= 15 is 0 Å². The molecule has 0 saturated heterocycles. The molecule has 0 aliphatic heterocycles. The monoisotopic (exact) mass is 120 g/mol. The van der Waals surface area contributed by atoms with Crippen molar-refractivity contribution < 1.29 is 19.0 Å². The molecule has 0 radical (unpaired) electrons. The van der Waals surface area contributed by atoms with Gasteiger partial charge in [-0.05, 0) is 6.08 Å². The van der Waals surface area contributed by atoms with Gasteiger partial charge in [-0.2, -0.15) is 0 Å². The van der Waals surface area contributed by atoms with Crippen LogP contribution in [0, 0.1) is 0 Å². The van der Waals surface area contributed by atoms with Gasteiger partial charge in [0.05, 0.1) is 6.33 Å². The van der Waals surface area contributed by atoms with Gasteiger partial charge >= 0.3 is 6.16 Å². The Morgan fingerprint density at radius 2 is 2.50 bits per heavy atom. The van der Waals surface area contributed by atoms with Crippen molar-refractivity contribution in [1.29, 1.82) is 0 Å². The van der Waals surface area contributed by atoms with Crippen molar-refractivity contribution in [1.82, 2.24) is 0 Å². The van der Waals surface area contributed by atoms with E-state index in [-0.39, 0.29) is 12.9 Å². The third-order valence-electron chi connectivity index (χ3n) is 0.392. The first-order valence-electron chi connectivity index (χ1n) is 1.88. The highest BCUT2D eigenvalue weighted by Crippen LogP contribution is 1.77. The lowest BCUT2D eigenvalue weighted by Crippen LogP contribution is -1.98.